The van der Waals surface area contributed by atoms with E-state index in [1.165, 1.54) is 0 Å². The van der Waals surface area contributed by atoms with Crippen LogP contribution in [0.2, 0.25) is 0 Å². The number of likely N-dealkylation sites (N-methyl/N-ethyl adjacent to an activating group) is 1. The lowest BCUT2D eigenvalue weighted by Gasteiger charge is -2.16. The molecule has 0 aliphatic carbocycles. The van der Waals surface area contributed by atoms with Gasteiger partial charge in [-0.1, -0.05) is 6.07 Å². The van der Waals surface area contributed by atoms with Crippen LogP contribution in [0, 0.1) is 0 Å². The fourth-order valence-corrected chi connectivity index (χ4v) is 1.38. The molecule has 0 aliphatic heterocycles. The molecule has 0 saturated heterocycles. The third-order valence-electron chi connectivity index (χ3n) is 2.71. The van der Waals surface area contributed by atoms with Gasteiger partial charge in [-0.2, -0.15) is 0 Å². The van der Waals surface area contributed by atoms with Crippen molar-refractivity contribution >= 4 is 5.91 Å². The number of benzene rings is 1. The summed E-state index contributed by atoms with van der Waals surface area (Å²) < 4.78 is 10.7. The van der Waals surface area contributed by atoms with Gasteiger partial charge in [0.25, 0.3) is 5.91 Å². The van der Waals surface area contributed by atoms with E-state index in [-0.39, 0.29) is 12.5 Å². The number of carbonyl (C=O) groups excluding carboxylic acids is 1. The minimum Gasteiger partial charge on any atom is -0.493 e. The van der Waals surface area contributed by atoms with Crippen molar-refractivity contribution < 1.29 is 14.3 Å². The van der Waals surface area contributed by atoms with Gasteiger partial charge in [-0.3, -0.25) is 4.79 Å². The maximum absolute atomic E-state index is 11.6. The van der Waals surface area contributed by atoms with E-state index in [0.717, 1.165) is 5.56 Å². The van der Waals surface area contributed by atoms with Gasteiger partial charge in [0.2, 0.25) is 0 Å². The van der Waals surface area contributed by atoms with E-state index in [1.807, 2.05) is 19.1 Å². The van der Waals surface area contributed by atoms with Crippen molar-refractivity contribution in [2.75, 3.05) is 27.3 Å². The summed E-state index contributed by atoms with van der Waals surface area (Å²) in [7, 11) is 3.29. The van der Waals surface area contributed by atoms with Gasteiger partial charge >= 0.3 is 0 Å². The Labute approximate surface area is 107 Å². The standard InChI is InChI=1S/C13H20N2O3/c1-4-15(2)13(16)9-18-11-6-5-10(8-14)7-12(11)17-3/h5-7H,4,8-9,14H2,1-3H3. The molecule has 0 aromatic heterocycles. The van der Waals surface area contributed by atoms with Gasteiger partial charge in [-0.15, -0.1) is 0 Å². The Kier molecular flexibility index (Phi) is 5.45. The number of carbonyl (C=O) groups is 1. The van der Waals surface area contributed by atoms with Crippen LogP contribution >= 0.6 is 0 Å². The highest BCUT2D eigenvalue weighted by molar-refractivity contribution is 5.77. The average Bonchev–Trinajstić information content (AvgIpc) is 2.43. The average molecular weight is 252 g/mol. The third-order valence-corrected chi connectivity index (χ3v) is 2.71. The zero-order valence-electron chi connectivity index (χ0n) is 11.1. The molecule has 18 heavy (non-hydrogen) atoms. The summed E-state index contributed by atoms with van der Waals surface area (Å²) in [5.41, 5.74) is 6.50. The monoisotopic (exact) mass is 252 g/mol. The van der Waals surface area contributed by atoms with Crippen molar-refractivity contribution in [3.8, 4) is 11.5 Å². The molecule has 5 heteroatoms. The zero-order chi connectivity index (χ0) is 13.5. The molecule has 0 unspecified atom stereocenters. The molecular formula is C13H20N2O3. The van der Waals surface area contributed by atoms with E-state index in [2.05, 4.69) is 0 Å². The van der Waals surface area contributed by atoms with Crippen molar-refractivity contribution in [1.82, 2.24) is 4.90 Å². The molecule has 0 atom stereocenters. The van der Waals surface area contributed by atoms with Gasteiger partial charge in [-0.05, 0) is 24.6 Å². The maximum Gasteiger partial charge on any atom is 0.260 e. The third kappa shape index (κ3) is 3.63. The summed E-state index contributed by atoms with van der Waals surface area (Å²) in [5.74, 6) is 1.07. The van der Waals surface area contributed by atoms with E-state index in [1.54, 1.807) is 25.1 Å². The van der Waals surface area contributed by atoms with E-state index in [0.29, 0.717) is 24.6 Å². The van der Waals surface area contributed by atoms with Crippen LogP contribution in [0.4, 0.5) is 0 Å². The first-order valence-electron chi connectivity index (χ1n) is 5.86. The number of hydrogen-bond acceptors (Lipinski definition) is 4. The molecule has 5 nitrogen and oxygen atoms in total. The van der Waals surface area contributed by atoms with E-state index in [9.17, 15) is 4.79 Å². The lowest BCUT2D eigenvalue weighted by Crippen LogP contribution is -2.31. The molecular weight excluding hydrogens is 232 g/mol. The van der Waals surface area contributed by atoms with Gasteiger partial charge in [0.05, 0.1) is 7.11 Å². The van der Waals surface area contributed by atoms with Crippen LogP contribution < -0.4 is 15.2 Å². The molecule has 1 rings (SSSR count). The normalized spacial score (nSPS) is 10.0. The van der Waals surface area contributed by atoms with E-state index in [4.69, 9.17) is 15.2 Å². The summed E-state index contributed by atoms with van der Waals surface area (Å²) >= 11 is 0. The number of ether oxygens (including phenoxy) is 2. The van der Waals surface area contributed by atoms with Gasteiger partial charge in [0, 0.05) is 20.1 Å². The molecule has 1 aromatic rings. The zero-order valence-corrected chi connectivity index (χ0v) is 11.1. The van der Waals surface area contributed by atoms with Crippen LogP contribution in [-0.4, -0.2) is 38.1 Å². The van der Waals surface area contributed by atoms with Crippen LogP contribution in [0.1, 0.15) is 12.5 Å². The Hall–Kier alpha value is -1.75. The Morgan fingerprint density at radius 1 is 1.39 bits per heavy atom. The van der Waals surface area contributed by atoms with Crippen LogP contribution in [0.3, 0.4) is 0 Å². The second-order valence-electron chi connectivity index (χ2n) is 3.89. The van der Waals surface area contributed by atoms with Gasteiger partial charge in [0.15, 0.2) is 18.1 Å². The number of amides is 1. The quantitative estimate of drug-likeness (QED) is 0.820. The fraction of sp³-hybridized carbons (Fsp3) is 0.462. The molecule has 0 bridgehead atoms. The molecule has 1 aromatic carbocycles. The predicted octanol–water partition coefficient (Wildman–Crippen LogP) is 1.01. The molecule has 0 aliphatic rings. The Bertz CT molecular complexity index is 407. The number of nitrogens with zero attached hydrogens (tertiary/aromatic N) is 1. The van der Waals surface area contributed by atoms with Crippen LogP contribution in [0.25, 0.3) is 0 Å². The summed E-state index contributed by atoms with van der Waals surface area (Å²) in [6.07, 6.45) is 0. The lowest BCUT2D eigenvalue weighted by atomic mass is 10.2. The summed E-state index contributed by atoms with van der Waals surface area (Å²) in [5, 5.41) is 0. The van der Waals surface area contributed by atoms with Crippen molar-refractivity contribution in [2.45, 2.75) is 13.5 Å². The Morgan fingerprint density at radius 3 is 2.67 bits per heavy atom. The number of rotatable bonds is 6. The first-order valence-corrected chi connectivity index (χ1v) is 5.86. The van der Waals surface area contributed by atoms with Crippen molar-refractivity contribution in [2.24, 2.45) is 5.73 Å². The minimum atomic E-state index is -0.0672. The highest BCUT2D eigenvalue weighted by atomic mass is 16.5. The summed E-state index contributed by atoms with van der Waals surface area (Å²) in [4.78, 5) is 13.2. The highest BCUT2D eigenvalue weighted by Gasteiger charge is 2.10. The molecule has 0 saturated carbocycles. The van der Waals surface area contributed by atoms with Gasteiger partial charge in [0.1, 0.15) is 0 Å². The second kappa shape index (κ2) is 6.86. The number of methoxy groups -OCH3 is 1. The fourth-order valence-electron chi connectivity index (χ4n) is 1.38. The molecule has 0 fully saturated rings. The first kappa shape index (κ1) is 14.3. The SMILES string of the molecule is CCN(C)C(=O)COc1ccc(CN)cc1OC. The Morgan fingerprint density at radius 2 is 2.11 bits per heavy atom. The molecule has 100 valence electrons. The van der Waals surface area contributed by atoms with Crippen LogP contribution in [0.5, 0.6) is 11.5 Å². The largest absolute Gasteiger partial charge is 0.493 e. The second-order valence-corrected chi connectivity index (χ2v) is 3.89. The number of hydrogen-bond donors (Lipinski definition) is 1. The molecule has 0 spiro atoms. The molecule has 1 amide bonds. The summed E-state index contributed by atoms with van der Waals surface area (Å²) in [6.45, 7) is 3.01. The van der Waals surface area contributed by atoms with Crippen LogP contribution in [0.15, 0.2) is 18.2 Å². The van der Waals surface area contributed by atoms with E-state index >= 15 is 0 Å². The van der Waals surface area contributed by atoms with E-state index < -0.39 is 0 Å². The smallest absolute Gasteiger partial charge is 0.260 e. The lowest BCUT2D eigenvalue weighted by molar-refractivity contribution is -0.131. The molecule has 2 N–H and O–H groups in total. The van der Waals surface area contributed by atoms with Crippen molar-refractivity contribution in [3.63, 3.8) is 0 Å². The first-order chi connectivity index (χ1) is 8.62. The van der Waals surface area contributed by atoms with Gasteiger partial charge in [-0.25, -0.2) is 0 Å². The molecule has 0 radical (unpaired) electrons. The van der Waals surface area contributed by atoms with Crippen molar-refractivity contribution in [3.05, 3.63) is 23.8 Å². The Balaban J connectivity index is 2.70. The maximum atomic E-state index is 11.6. The highest BCUT2D eigenvalue weighted by Crippen LogP contribution is 2.27. The predicted molar refractivity (Wildman–Crippen MR) is 69.7 cm³/mol. The topological polar surface area (TPSA) is 64.8 Å². The van der Waals surface area contributed by atoms with Crippen LogP contribution in [-0.2, 0) is 11.3 Å². The number of nitrogens with two attached hydrogens (primary N) is 1. The summed E-state index contributed by atoms with van der Waals surface area (Å²) in [6, 6.07) is 5.43. The van der Waals surface area contributed by atoms with Crippen molar-refractivity contribution in [1.29, 1.82) is 0 Å². The van der Waals surface area contributed by atoms with Gasteiger partial charge < -0.3 is 20.1 Å². The minimum absolute atomic E-state index is 0.00265. The molecule has 0 heterocycles.